The topological polar surface area (TPSA) is 87.2 Å². The Labute approximate surface area is 181 Å². The number of nitrogens with zero attached hydrogens (tertiary/aromatic N) is 3. The summed E-state index contributed by atoms with van der Waals surface area (Å²) in [4.78, 5) is 35.6. The minimum absolute atomic E-state index is 0.0282. The monoisotopic (exact) mass is 415 g/mol. The van der Waals surface area contributed by atoms with Gasteiger partial charge < -0.3 is 15.5 Å². The molecule has 4 rings (SSSR count). The molecular weight excluding hydrogens is 390 g/mol. The van der Waals surface area contributed by atoms with E-state index in [0.29, 0.717) is 42.3 Å². The van der Waals surface area contributed by atoms with Crippen molar-refractivity contribution < 1.29 is 9.59 Å². The average Bonchev–Trinajstić information content (AvgIpc) is 3.26. The predicted molar refractivity (Wildman–Crippen MR) is 122 cm³/mol. The van der Waals surface area contributed by atoms with Crippen molar-refractivity contribution in [3.8, 4) is 0 Å². The molecule has 1 fully saturated rings. The van der Waals surface area contributed by atoms with Crippen LogP contribution in [0.3, 0.4) is 0 Å². The van der Waals surface area contributed by atoms with E-state index in [2.05, 4.69) is 27.2 Å². The first-order valence-corrected chi connectivity index (χ1v) is 10.4. The highest BCUT2D eigenvalue weighted by Crippen LogP contribution is 2.19. The smallest absolute Gasteiger partial charge is 0.253 e. The number of amides is 2. The lowest BCUT2D eigenvalue weighted by Gasteiger charge is -2.17. The van der Waals surface area contributed by atoms with Crippen molar-refractivity contribution in [1.82, 2.24) is 14.9 Å². The van der Waals surface area contributed by atoms with Gasteiger partial charge in [0.1, 0.15) is 0 Å². The summed E-state index contributed by atoms with van der Waals surface area (Å²) in [5.41, 5.74) is 2.65. The highest BCUT2D eigenvalue weighted by molar-refractivity contribution is 6.03. The minimum atomic E-state index is -0.203. The Morgan fingerprint density at radius 3 is 2.71 bits per heavy atom. The van der Waals surface area contributed by atoms with E-state index in [1.165, 1.54) is 0 Å². The standard InChI is InChI=1S/C24H25N5O2/c1-3-16(2)22(30)26-19-10-8-17(9-11-19)23(31)29-13-12-20(15-29)27-24-25-14-18-6-4-5-7-21(18)28-24/h4-11,14,20H,2-3,12-13,15H2,1H3,(H,26,30)(H,25,27,28). The quantitative estimate of drug-likeness (QED) is 0.597. The van der Waals surface area contributed by atoms with E-state index < -0.39 is 0 Å². The maximum absolute atomic E-state index is 12.9. The summed E-state index contributed by atoms with van der Waals surface area (Å²) in [7, 11) is 0. The molecule has 0 saturated carbocycles. The van der Waals surface area contributed by atoms with E-state index in [0.717, 1.165) is 17.3 Å². The third kappa shape index (κ3) is 4.71. The molecule has 2 N–H and O–H groups in total. The molecule has 0 spiro atoms. The van der Waals surface area contributed by atoms with E-state index in [1.807, 2.05) is 36.1 Å². The molecule has 1 aliphatic heterocycles. The number of hydrogen-bond donors (Lipinski definition) is 2. The molecule has 2 amide bonds. The third-order valence-electron chi connectivity index (χ3n) is 5.44. The summed E-state index contributed by atoms with van der Waals surface area (Å²) in [5, 5.41) is 7.13. The second kappa shape index (κ2) is 8.95. The largest absolute Gasteiger partial charge is 0.350 e. The molecule has 158 valence electrons. The maximum Gasteiger partial charge on any atom is 0.253 e. The van der Waals surface area contributed by atoms with Crippen LogP contribution in [-0.2, 0) is 4.79 Å². The zero-order valence-electron chi connectivity index (χ0n) is 17.5. The Bertz CT molecular complexity index is 1130. The molecule has 31 heavy (non-hydrogen) atoms. The van der Waals surface area contributed by atoms with Gasteiger partial charge in [-0.3, -0.25) is 9.59 Å². The first-order chi connectivity index (χ1) is 15.0. The second-order valence-corrected chi connectivity index (χ2v) is 7.62. The van der Waals surface area contributed by atoms with Crippen LogP contribution in [0.4, 0.5) is 11.6 Å². The Hall–Kier alpha value is -3.74. The van der Waals surface area contributed by atoms with Crippen LogP contribution >= 0.6 is 0 Å². The first kappa shape index (κ1) is 20.5. The van der Waals surface area contributed by atoms with Crippen molar-refractivity contribution >= 4 is 34.4 Å². The normalized spacial score (nSPS) is 15.6. The minimum Gasteiger partial charge on any atom is -0.350 e. The molecule has 7 nitrogen and oxygen atoms in total. The zero-order valence-corrected chi connectivity index (χ0v) is 17.5. The van der Waals surface area contributed by atoms with Crippen LogP contribution in [-0.4, -0.2) is 45.8 Å². The Morgan fingerprint density at radius 2 is 1.94 bits per heavy atom. The van der Waals surface area contributed by atoms with Gasteiger partial charge in [0, 0.05) is 47.5 Å². The summed E-state index contributed by atoms with van der Waals surface area (Å²) in [5.74, 6) is 0.345. The van der Waals surface area contributed by atoms with Gasteiger partial charge in [-0.25, -0.2) is 9.97 Å². The van der Waals surface area contributed by atoms with Crippen LogP contribution in [0, 0.1) is 0 Å². The van der Waals surface area contributed by atoms with Gasteiger partial charge in [-0.05, 0) is 43.2 Å². The molecule has 1 saturated heterocycles. The van der Waals surface area contributed by atoms with Crippen LogP contribution in [0.2, 0.25) is 0 Å². The molecule has 1 unspecified atom stereocenters. The Kier molecular flexibility index (Phi) is 5.93. The molecule has 1 aromatic heterocycles. The molecule has 0 bridgehead atoms. The fourth-order valence-corrected chi connectivity index (χ4v) is 3.55. The molecule has 0 aliphatic carbocycles. The van der Waals surface area contributed by atoms with Gasteiger partial charge in [0.25, 0.3) is 11.8 Å². The number of benzene rings is 2. The van der Waals surface area contributed by atoms with E-state index in [-0.39, 0.29) is 17.9 Å². The number of nitrogens with one attached hydrogen (secondary N) is 2. The van der Waals surface area contributed by atoms with Gasteiger partial charge in [-0.2, -0.15) is 0 Å². The molecule has 1 aliphatic rings. The number of carbonyl (C=O) groups excluding carboxylic acids is 2. The van der Waals surface area contributed by atoms with Crippen molar-refractivity contribution in [2.75, 3.05) is 23.7 Å². The zero-order chi connectivity index (χ0) is 21.8. The van der Waals surface area contributed by atoms with Gasteiger partial charge >= 0.3 is 0 Å². The summed E-state index contributed by atoms with van der Waals surface area (Å²) >= 11 is 0. The predicted octanol–water partition coefficient (Wildman–Crippen LogP) is 3.86. The number of hydrogen-bond acceptors (Lipinski definition) is 5. The Morgan fingerprint density at radius 1 is 1.16 bits per heavy atom. The lowest BCUT2D eigenvalue weighted by atomic mass is 10.1. The van der Waals surface area contributed by atoms with Crippen LogP contribution < -0.4 is 10.6 Å². The van der Waals surface area contributed by atoms with Gasteiger partial charge in [-0.15, -0.1) is 0 Å². The summed E-state index contributed by atoms with van der Waals surface area (Å²) in [6.07, 6.45) is 3.23. The molecule has 3 aromatic rings. The number of carbonyl (C=O) groups is 2. The van der Waals surface area contributed by atoms with E-state index >= 15 is 0 Å². The van der Waals surface area contributed by atoms with E-state index in [9.17, 15) is 9.59 Å². The lowest BCUT2D eigenvalue weighted by Crippen LogP contribution is -2.31. The van der Waals surface area contributed by atoms with E-state index in [4.69, 9.17) is 0 Å². The van der Waals surface area contributed by atoms with Crippen LogP contribution in [0.25, 0.3) is 10.9 Å². The fourth-order valence-electron chi connectivity index (χ4n) is 3.55. The number of rotatable bonds is 6. The van der Waals surface area contributed by atoms with Crippen molar-refractivity contribution in [3.63, 3.8) is 0 Å². The van der Waals surface area contributed by atoms with Crippen molar-refractivity contribution in [3.05, 3.63) is 72.4 Å². The second-order valence-electron chi connectivity index (χ2n) is 7.62. The summed E-state index contributed by atoms with van der Waals surface area (Å²) in [6, 6.07) is 14.9. The first-order valence-electron chi connectivity index (χ1n) is 10.4. The van der Waals surface area contributed by atoms with Crippen molar-refractivity contribution in [2.24, 2.45) is 0 Å². The maximum atomic E-state index is 12.9. The molecule has 7 heteroatoms. The number of anilines is 2. The van der Waals surface area contributed by atoms with Crippen LogP contribution in [0.15, 0.2) is 66.9 Å². The van der Waals surface area contributed by atoms with Crippen molar-refractivity contribution in [2.45, 2.75) is 25.8 Å². The number of fused-ring (bicyclic) bond motifs is 1. The highest BCUT2D eigenvalue weighted by Gasteiger charge is 2.27. The molecule has 0 radical (unpaired) electrons. The van der Waals surface area contributed by atoms with Crippen molar-refractivity contribution in [1.29, 1.82) is 0 Å². The van der Waals surface area contributed by atoms with Crippen LogP contribution in [0.1, 0.15) is 30.1 Å². The van der Waals surface area contributed by atoms with E-state index in [1.54, 1.807) is 30.5 Å². The van der Waals surface area contributed by atoms with Gasteiger partial charge in [-0.1, -0.05) is 31.7 Å². The summed E-state index contributed by atoms with van der Waals surface area (Å²) in [6.45, 7) is 6.87. The van der Waals surface area contributed by atoms with Gasteiger partial charge in [0.05, 0.1) is 5.52 Å². The van der Waals surface area contributed by atoms with Gasteiger partial charge in [0.15, 0.2) is 0 Å². The number of aromatic nitrogens is 2. The van der Waals surface area contributed by atoms with Crippen LogP contribution in [0.5, 0.6) is 0 Å². The van der Waals surface area contributed by atoms with Gasteiger partial charge in [0.2, 0.25) is 5.95 Å². The molecule has 2 heterocycles. The third-order valence-corrected chi connectivity index (χ3v) is 5.44. The highest BCUT2D eigenvalue weighted by atomic mass is 16.2. The molecule has 1 atom stereocenters. The average molecular weight is 415 g/mol. The Balaban J connectivity index is 1.35. The number of likely N-dealkylation sites (tertiary alicyclic amines) is 1. The fraction of sp³-hybridized carbons (Fsp3) is 0.250. The SMILES string of the molecule is C=C(CC)C(=O)Nc1ccc(C(=O)N2CCC(Nc3ncc4ccccc4n3)C2)cc1. The lowest BCUT2D eigenvalue weighted by molar-refractivity contribution is -0.112. The molecular formula is C24H25N5O2. The number of para-hydroxylation sites is 1. The molecule has 2 aromatic carbocycles. The summed E-state index contributed by atoms with van der Waals surface area (Å²) < 4.78 is 0.